The van der Waals surface area contributed by atoms with E-state index < -0.39 is 6.10 Å². The van der Waals surface area contributed by atoms with Crippen molar-refractivity contribution in [2.45, 2.75) is 19.6 Å². The molecule has 0 aliphatic carbocycles. The van der Waals surface area contributed by atoms with Crippen molar-refractivity contribution in [3.05, 3.63) is 72.3 Å². The van der Waals surface area contributed by atoms with Gasteiger partial charge >= 0.3 is 0 Å². The summed E-state index contributed by atoms with van der Waals surface area (Å²) in [5.41, 5.74) is 1.09. The summed E-state index contributed by atoms with van der Waals surface area (Å²) in [5, 5.41) is 5.26. The molecule has 4 nitrogen and oxygen atoms in total. The van der Waals surface area contributed by atoms with Crippen molar-refractivity contribution in [3.8, 4) is 11.5 Å². The Bertz CT molecular complexity index is 853. The van der Waals surface area contributed by atoms with Gasteiger partial charge in [0.2, 0.25) is 0 Å². The number of hydrogen-bond acceptors (Lipinski definition) is 3. The molecule has 0 aliphatic rings. The van der Waals surface area contributed by atoms with Crippen LogP contribution in [0.2, 0.25) is 0 Å². The summed E-state index contributed by atoms with van der Waals surface area (Å²) in [7, 11) is 1.61. The summed E-state index contributed by atoms with van der Waals surface area (Å²) >= 11 is 0. The third-order valence-corrected chi connectivity index (χ3v) is 4.07. The predicted molar refractivity (Wildman–Crippen MR) is 98.9 cm³/mol. The van der Waals surface area contributed by atoms with Crippen molar-refractivity contribution in [2.24, 2.45) is 0 Å². The molecule has 0 fully saturated rings. The Labute approximate surface area is 147 Å². The maximum atomic E-state index is 12.3. The maximum Gasteiger partial charge on any atom is 0.261 e. The average Bonchev–Trinajstić information content (AvgIpc) is 2.66. The van der Waals surface area contributed by atoms with Crippen LogP contribution in [0.15, 0.2) is 66.7 Å². The Morgan fingerprint density at radius 3 is 2.40 bits per heavy atom. The SMILES string of the molecule is COc1ccc(OC(C)C(=O)NCc2cccc3ccccc23)cc1. The van der Waals surface area contributed by atoms with Crippen LogP contribution in [0.4, 0.5) is 0 Å². The second kappa shape index (κ2) is 7.71. The van der Waals surface area contributed by atoms with E-state index in [-0.39, 0.29) is 5.91 Å². The number of nitrogens with one attached hydrogen (secondary N) is 1. The van der Waals surface area contributed by atoms with Crippen LogP contribution < -0.4 is 14.8 Å². The Balaban J connectivity index is 1.61. The van der Waals surface area contributed by atoms with Gasteiger partial charge in [-0.2, -0.15) is 0 Å². The van der Waals surface area contributed by atoms with Gasteiger partial charge in [0.05, 0.1) is 7.11 Å². The highest BCUT2D eigenvalue weighted by atomic mass is 16.5. The molecule has 128 valence electrons. The van der Waals surface area contributed by atoms with Crippen molar-refractivity contribution in [1.29, 1.82) is 0 Å². The molecule has 1 N–H and O–H groups in total. The number of methoxy groups -OCH3 is 1. The minimum atomic E-state index is -0.580. The lowest BCUT2D eigenvalue weighted by atomic mass is 10.0. The number of benzene rings is 3. The summed E-state index contributed by atoms with van der Waals surface area (Å²) < 4.78 is 10.8. The Morgan fingerprint density at radius 2 is 1.64 bits per heavy atom. The molecule has 1 unspecified atom stereocenters. The number of hydrogen-bond donors (Lipinski definition) is 1. The Hall–Kier alpha value is -3.01. The highest BCUT2D eigenvalue weighted by Gasteiger charge is 2.14. The summed E-state index contributed by atoms with van der Waals surface area (Å²) in [6.45, 7) is 2.21. The molecule has 0 heterocycles. The molecule has 0 saturated heterocycles. The van der Waals surface area contributed by atoms with Crippen molar-refractivity contribution in [3.63, 3.8) is 0 Å². The molecule has 0 spiro atoms. The molecule has 3 aromatic rings. The van der Waals surface area contributed by atoms with Crippen molar-refractivity contribution < 1.29 is 14.3 Å². The highest BCUT2D eigenvalue weighted by molar-refractivity contribution is 5.86. The molecule has 0 radical (unpaired) electrons. The second-order valence-corrected chi connectivity index (χ2v) is 5.79. The van der Waals surface area contributed by atoms with Gasteiger partial charge in [-0.25, -0.2) is 0 Å². The third kappa shape index (κ3) is 4.10. The number of fused-ring (bicyclic) bond motifs is 1. The number of carbonyl (C=O) groups is 1. The van der Waals surface area contributed by atoms with Crippen molar-refractivity contribution in [2.75, 3.05) is 7.11 Å². The fourth-order valence-corrected chi connectivity index (χ4v) is 2.68. The maximum absolute atomic E-state index is 12.3. The normalized spacial score (nSPS) is 11.8. The average molecular weight is 335 g/mol. The van der Waals surface area contributed by atoms with Crippen molar-refractivity contribution >= 4 is 16.7 Å². The highest BCUT2D eigenvalue weighted by Crippen LogP contribution is 2.19. The molecule has 1 amide bonds. The predicted octanol–water partition coefficient (Wildman–Crippen LogP) is 3.93. The summed E-state index contributed by atoms with van der Waals surface area (Å²) in [6, 6.07) is 21.4. The topological polar surface area (TPSA) is 47.6 Å². The van der Waals surface area contributed by atoms with E-state index in [9.17, 15) is 4.79 Å². The minimum absolute atomic E-state index is 0.149. The van der Waals surface area contributed by atoms with Crippen LogP contribution in [0.5, 0.6) is 11.5 Å². The molecule has 3 aromatic carbocycles. The molecule has 25 heavy (non-hydrogen) atoms. The molecular weight excluding hydrogens is 314 g/mol. The molecule has 0 bridgehead atoms. The molecule has 1 atom stereocenters. The molecule has 0 aliphatic heterocycles. The van der Waals surface area contributed by atoms with E-state index in [1.807, 2.05) is 24.3 Å². The van der Waals surface area contributed by atoms with Gasteiger partial charge in [0.15, 0.2) is 6.10 Å². The zero-order chi connectivity index (χ0) is 17.6. The zero-order valence-electron chi connectivity index (χ0n) is 14.4. The first-order valence-electron chi connectivity index (χ1n) is 8.22. The lowest BCUT2D eigenvalue weighted by molar-refractivity contribution is -0.127. The van der Waals surface area contributed by atoms with Gasteiger partial charge in [0.25, 0.3) is 5.91 Å². The number of carbonyl (C=O) groups excluding carboxylic acids is 1. The molecular formula is C21H21NO3. The van der Waals surface area contributed by atoms with E-state index in [2.05, 4.69) is 23.5 Å². The minimum Gasteiger partial charge on any atom is -0.497 e. The molecule has 4 heteroatoms. The number of amides is 1. The van der Waals surface area contributed by atoms with E-state index in [1.165, 1.54) is 0 Å². The molecule has 3 rings (SSSR count). The van der Waals surface area contributed by atoms with E-state index in [1.54, 1.807) is 38.3 Å². The first kappa shape index (κ1) is 16.8. The number of rotatable bonds is 6. The van der Waals surface area contributed by atoms with Crippen molar-refractivity contribution in [1.82, 2.24) is 5.32 Å². The first-order valence-corrected chi connectivity index (χ1v) is 8.22. The number of ether oxygens (including phenoxy) is 2. The summed E-state index contributed by atoms with van der Waals surface area (Å²) in [6.07, 6.45) is -0.580. The molecule has 0 aromatic heterocycles. The van der Waals surface area contributed by atoms with E-state index in [4.69, 9.17) is 9.47 Å². The summed E-state index contributed by atoms with van der Waals surface area (Å²) in [5.74, 6) is 1.23. The Kier molecular flexibility index (Phi) is 5.19. The van der Waals surface area contributed by atoms with E-state index >= 15 is 0 Å². The first-order chi connectivity index (χ1) is 12.2. The van der Waals surface area contributed by atoms with Gasteiger partial charge in [-0.1, -0.05) is 42.5 Å². The van der Waals surface area contributed by atoms with Gasteiger partial charge in [0, 0.05) is 6.54 Å². The smallest absolute Gasteiger partial charge is 0.261 e. The zero-order valence-corrected chi connectivity index (χ0v) is 14.4. The van der Waals surface area contributed by atoms with Gasteiger partial charge < -0.3 is 14.8 Å². The van der Waals surface area contributed by atoms with E-state index in [0.29, 0.717) is 12.3 Å². The quantitative estimate of drug-likeness (QED) is 0.742. The lowest BCUT2D eigenvalue weighted by Gasteiger charge is -2.15. The van der Waals surface area contributed by atoms with Crippen LogP contribution in [0.25, 0.3) is 10.8 Å². The van der Waals surface area contributed by atoms with E-state index in [0.717, 1.165) is 22.1 Å². The van der Waals surface area contributed by atoms with Crippen LogP contribution >= 0.6 is 0 Å². The molecule has 0 saturated carbocycles. The van der Waals surface area contributed by atoms with Crippen LogP contribution in [0.3, 0.4) is 0 Å². The van der Waals surface area contributed by atoms with Crippen LogP contribution in [0, 0.1) is 0 Å². The largest absolute Gasteiger partial charge is 0.497 e. The second-order valence-electron chi connectivity index (χ2n) is 5.79. The van der Waals surface area contributed by atoms with Gasteiger partial charge in [0.1, 0.15) is 11.5 Å². The third-order valence-electron chi connectivity index (χ3n) is 4.07. The fourth-order valence-electron chi connectivity index (χ4n) is 2.68. The van der Waals surface area contributed by atoms with Gasteiger partial charge in [-0.15, -0.1) is 0 Å². The Morgan fingerprint density at radius 1 is 0.960 bits per heavy atom. The monoisotopic (exact) mass is 335 g/mol. The lowest BCUT2D eigenvalue weighted by Crippen LogP contribution is -2.35. The van der Waals surface area contributed by atoms with Gasteiger partial charge in [-0.05, 0) is 47.5 Å². The van der Waals surface area contributed by atoms with Gasteiger partial charge in [-0.3, -0.25) is 4.79 Å². The van der Waals surface area contributed by atoms with Crippen LogP contribution in [-0.2, 0) is 11.3 Å². The fraction of sp³-hybridized carbons (Fsp3) is 0.190. The van der Waals surface area contributed by atoms with Crippen LogP contribution in [0.1, 0.15) is 12.5 Å². The van der Waals surface area contributed by atoms with Crippen LogP contribution in [-0.4, -0.2) is 19.1 Å². The standard InChI is InChI=1S/C21H21NO3/c1-15(25-19-12-10-18(24-2)11-13-19)21(23)22-14-17-8-5-7-16-6-3-4-9-20(16)17/h3-13,15H,14H2,1-2H3,(H,22,23). The summed E-state index contributed by atoms with van der Waals surface area (Å²) in [4.78, 5) is 12.3.